The Kier molecular flexibility index (Phi) is 5.24. The van der Waals surface area contributed by atoms with Crippen molar-refractivity contribution in [3.8, 4) is 11.5 Å². The van der Waals surface area contributed by atoms with Crippen molar-refractivity contribution in [2.24, 2.45) is 11.5 Å². The zero-order chi connectivity index (χ0) is 22.0. The Labute approximate surface area is 178 Å². The van der Waals surface area contributed by atoms with Crippen LogP contribution in [0.4, 0.5) is 0 Å². The number of fused-ring (bicyclic) bond motifs is 1. The largest absolute Gasteiger partial charge is 0.457 e. The summed E-state index contributed by atoms with van der Waals surface area (Å²) in [7, 11) is 0. The van der Waals surface area contributed by atoms with Crippen molar-refractivity contribution < 1.29 is 4.74 Å². The molecule has 0 unspecified atom stereocenters. The molecule has 0 saturated heterocycles. The van der Waals surface area contributed by atoms with Crippen molar-refractivity contribution in [1.29, 1.82) is 10.8 Å². The highest BCUT2D eigenvalue weighted by molar-refractivity contribution is 5.95. The fourth-order valence-electron chi connectivity index (χ4n) is 3.33. The number of amidine groups is 2. The van der Waals surface area contributed by atoms with Crippen LogP contribution in [-0.4, -0.2) is 16.2 Å². The number of aromatic nitrogens is 1. The zero-order valence-corrected chi connectivity index (χ0v) is 16.6. The lowest BCUT2D eigenvalue weighted by Crippen LogP contribution is -2.20. The standard InChI is InChI=1S/C24H21N5O2/c25-23(26)17-6-4-15(5-7-17)14-29-21-13-20(10-8-16(21)9-11-22(29)30)31-19-3-1-2-18(12-19)24(27)28/h1-13H,14H2,(H3,25,26)(H3,27,28). The maximum absolute atomic E-state index is 12.6. The number of nitrogens with zero attached hydrogens (tertiary/aromatic N) is 1. The van der Waals surface area contributed by atoms with E-state index in [4.69, 9.17) is 27.0 Å². The van der Waals surface area contributed by atoms with Crippen molar-refractivity contribution in [3.05, 3.63) is 106 Å². The monoisotopic (exact) mass is 411 g/mol. The molecule has 0 spiro atoms. The van der Waals surface area contributed by atoms with Gasteiger partial charge in [0, 0.05) is 23.3 Å². The van der Waals surface area contributed by atoms with Crippen LogP contribution < -0.4 is 21.8 Å². The molecule has 0 amide bonds. The third-order valence-corrected chi connectivity index (χ3v) is 4.95. The number of nitrogen functional groups attached to an aromatic ring is 2. The second-order valence-corrected chi connectivity index (χ2v) is 7.13. The maximum atomic E-state index is 12.6. The van der Waals surface area contributed by atoms with E-state index in [2.05, 4.69) is 0 Å². The van der Waals surface area contributed by atoms with Crippen molar-refractivity contribution >= 4 is 22.6 Å². The van der Waals surface area contributed by atoms with Gasteiger partial charge >= 0.3 is 0 Å². The van der Waals surface area contributed by atoms with Crippen LogP contribution in [0.15, 0.2) is 83.7 Å². The van der Waals surface area contributed by atoms with Gasteiger partial charge in [0.05, 0.1) is 12.1 Å². The zero-order valence-electron chi connectivity index (χ0n) is 16.6. The molecule has 0 fully saturated rings. The molecule has 0 radical (unpaired) electrons. The first-order valence-corrected chi connectivity index (χ1v) is 9.60. The summed E-state index contributed by atoms with van der Waals surface area (Å²) in [5.74, 6) is 1.09. The van der Waals surface area contributed by atoms with Gasteiger partial charge in [-0.05, 0) is 41.3 Å². The fraction of sp³-hybridized carbons (Fsp3) is 0.0417. The fourth-order valence-corrected chi connectivity index (χ4v) is 3.33. The van der Waals surface area contributed by atoms with Crippen molar-refractivity contribution in [1.82, 2.24) is 4.57 Å². The normalized spacial score (nSPS) is 10.7. The molecule has 4 aromatic rings. The van der Waals surface area contributed by atoms with E-state index in [1.165, 1.54) is 0 Å². The third kappa shape index (κ3) is 4.30. The van der Waals surface area contributed by atoms with Crippen LogP contribution in [-0.2, 0) is 6.54 Å². The predicted octanol–water partition coefficient (Wildman–Crippen LogP) is 3.41. The lowest BCUT2D eigenvalue weighted by Gasteiger charge is -2.13. The Bertz CT molecular complexity index is 1360. The second kappa shape index (κ2) is 8.16. The first-order chi connectivity index (χ1) is 14.9. The van der Waals surface area contributed by atoms with Gasteiger partial charge in [-0.1, -0.05) is 36.4 Å². The first kappa shape index (κ1) is 19.9. The Balaban J connectivity index is 1.70. The molecule has 7 nitrogen and oxygen atoms in total. The summed E-state index contributed by atoms with van der Waals surface area (Å²) in [5, 5.41) is 16.0. The van der Waals surface area contributed by atoms with Gasteiger partial charge in [0.1, 0.15) is 23.2 Å². The molecular weight excluding hydrogens is 390 g/mol. The Morgan fingerprint density at radius 2 is 1.48 bits per heavy atom. The SMILES string of the molecule is N=C(N)c1ccc(Cn2c(=O)ccc3ccc(Oc4cccc(C(=N)N)c4)cc32)cc1. The molecule has 31 heavy (non-hydrogen) atoms. The summed E-state index contributed by atoms with van der Waals surface area (Å²) in [6.07, 6.45) is 0. The van der Waals surface area contributed by atoms with E-state index in [-0.39, 0.29) is 17.2 Å². The highest BCUT2D eigenvalue weighted by atomic mass is 16.5. The first-order valence-electron chi connectivity index (χ1n) is 9.60. The second-order valence-electron chi connectivity index (χ2n) is 7.13. The van der Waals surface area contributed by atoms with Crippen LogP contribution in [0.1, 0.15) is 16.7 Å². The smallest absolute Gasteiger partial charge is 0.251 e. The van der Waals surface area contributed by atoms with Gasteiger partial charge in [0.25, 0.3) is 5.56 Å². The van der Waals surface area contributed by atoms with E-state index in [0.29, 0.717) is 29.2 Å². The van der Waals surface area contributed by atoms with Gasteiger partial charge in [-0.2, -0.15) is 0 Å². The Hall–Kier alpha value is -4.39. The minimum absolute atomic E-state index is 0.00418. The number of benzene rings is 3. The van der Waals surface area contributed by atoms with Gasteiger partial charge in [-0.25, -0.2) is 0 Å². The van der Waals surface area contributed by atoms with Crippen LogP contribution in [0, 0.1) is 10.8 Å². The summed E-state index contributed by atoms with van der Waals surface area (Å²) in [6.45, 7) is 0.373. The van der Waals surface area contributed by atoms with E-state index in [0.717, 1.165) is 16.5 Å². The van der Waals surface area contributed by atoms with Gasteiger partial charge in [0.2, 0.25) is 0 Å². The number of ether oxygens (including phenoxy) is 1. The van der Waals surface area contributed by atoms with Gasteiger partial charge in [-0.3, -0.25) is 15.6 Å². The minimum atomic E-state index is -0.126. The number of rotatable bonds is 6. The lowest BCUT2D eigenvalue weighted by atomic mass is 10.1. The summed E-state index contributed by atoms with van der Waals surface area (Å²) in [4.78, 5) is 12.6. The summed E-state index contributed by atoms with van der Waals surface area (Å²) >= 11 is 0. The molecule has 0 bridgehead atoms. The molecule has 0 aliphatic rings. The van der Waals surface area contributed by atoms with Gasteiger partial charge in [-0.15, -0.1) is 0 Å². The average molecular weight is 411 g/mol. The van der Waals surface area contributed by atoms with Gasteiger partial charge in [0.15, 0.2) is 0 Å². The molecule has 1 aromatic heterocycles. The third-order valence-electron chi connectivity index (χ3n) is 4.95. The number of pyridine rings is 1. The number of nitrogens with two attached hydrogens (primary N) is 2. The molecule has 0 saturated carbocycles. The molecule has 0 aliphatic heterocycles. The maximum Gasteiger partial charge on any atom is 0.251 e. The molecular formula is C24H21N5O2. The quantitative estimate of drug-likeness (QED) is 0.286. The van der Waals surface area contributed by atoms with Crippen LogP contribution in [0.2, 0.25) is 0 Å². The molecule has 6 N–H and O–H groups in total. The molecule has 1 heterocycles. The van der Waals surface area contributed by atoms with E-state index in [1.54, 1.807) is 53.1 Å². The lowest BCUT2D eigenvalue weighted by molar-refractivity contribution is 0.483. The molecule has 0 atom stereocenters. The molecule has 0 aliphatic carbocycles. The average Bonchev–Trinajstić information content (AvgIpc) is 2.76. The van der Waals surface area contributed by atoms with E-state index in [9.17, 15) is 4.79 Å². The molecule has 4 rings (SSSR count). The van der Waals surface area contributed by atoms with Crippen molar-refractivity contribution in [3.63, 3.8) is 0 Å². The van der Waals surface area contributed by atoms with Crippen molar-refractivity contribution in [2.45, 2.75) is 6.54 Å². The topological polar surface area (TPSA) is 131 Å². The number of nitrogens with one attached hydrogen (secondary N) is 2. The van der Waals surface area contributed by atoms with Crippen LogP contribution in [0.5, 0.6) is 11.5 Å². The highest BCUT2D eigenvalue weighted by Gasteiger charge is 2.08. The Morgan fingerprint density at radius 3 is 2.19 bits per heavy atom. The highest BCUT2D eigenvalue weighted by Crippen LogP contribution is 2.26. The number of hydrogen-bond donors (Lipinski definition) is 4. The molecule has 3 aromatic carbocycles. The van der Waals surface area contributed by atoms with E-state index in [1.807, 2.05) is 30.3 Å². The van der Waals surface area contributed by atoms with Crippen LogP contribution in [0.3, 0.4) is 0 Å². The summed E-state index contributed by atoms with van der Waals surface area (Å²) in [5.41, 5.74) is 13.8. The number of hydrogen-bond acceptors (Lipinski definition) is 4. The molecule has 154 valence electrons. The van der Waals surface area contributed by atoms with Crippen LogP contribution >= 0.6 is 0 Å². The van der Waals surface area contributed by atoms with Crippen LogP contribution in [0.25, 0.3) is 10.9 Å². The molecule has 7 heteroatoms. The summed E-state index contributed by atoms with van der Waals surface area (Å²) in [6, 6.07) is 23.1. The predicted molar refractivity (Wildman–Crippen MR) is 122 cm³/mol. The van der Waals surface area contributed by atoms with E-state index >= 15 is 0 Å². The van der Waals surface area contributed by atoms with Crippen molar-refractivity contribution in [2.75, 3.05) is 0 Å². The van der Waals surface area contributed by atoms with E-state index < -0.39 is 0 Å². The summed E-state index contributed by atoms with van der Waals surface area (Å²) < 4.78 is 7.64. The Morgan fingerprint density at radius 1 is 0.806 bits per heavy atom. The van der Waals surface area contributed by atoms with Gasteiger partial charge < -0.3 is 20.8 Å². The minimum Gasteiger partial charge on any atom is -0.457 e.